The standard InChI is InChI=1S/C24H24F2N2O/c25-17-5-7-19(22(26)12-17)24(29)11-15-3-8-23-20(10-15)21(13-27-23)16-4-6-18-2-1-9-28(18)14-16/h3,5,7-8,10,12-13,16,18,27H,1-2,4,6,9,11,14H2. The minimum Gasteiger partial charge on any atom is -0.361 e. The van der Waals surface area contributed by atoms with Gasteiger partial charge in [0.15, 0.2) is 5.78 Å². The van der Waals surface area contributed by atoms with E-state index >= 15 is 0 Å². The van der Waals surface area contributed by atoms with Crippen molar-refractivity contribution in [3.8, 4) is 0 Å². The molecule has 1 N–H and O–H groups in total. The first kappa shape index (κ1) is 18.5. The fourth-order valence-corrected chi connectivity index (χ4v) is 5.12. The number of aromatic nitrogens is 1. The number of Topliss-reactive ketones (excluding diaryl/α,β-unsaturated/α-hetero) is 1. The average molecular weight is 394 g/mol. The number of fused-ring (bicyclic) bond motifs is 2. The third kappa shape index (κ3) is 3.48. The molecular formula is C24H24F2N2O. The molecule has 0 amide bonds. The van der Waals surface area contributed by atoms with Crippen LogP contribution in [-0.2, 0) is 6.42 Å². The first-order valence-electron chi connectivity index (χ1n) is 10.4. The lowest BCUT2D eigenvalue weighted by atomic mass is 9.87. The van der Waals surface area contributed by atoms with Gasteiger partial charge in [0, 0.05) is 42.2 Å². The lowest BCUT2D eigenvalue weighted by Crippen LogP contribution is -2.37. The van der Waals surface area contributed by atoms with Gasteiger partial charge in [-0.3, -0.25) is 9.69 Å². The van der Waals surface area contributed by atoms with Crippen LogP contribution in [0.1, 0.15) is 53.1 Å². The van der Waals surface area contributed by atoms with Crippen LogP contribution in [0, 0.1) is 11.6 Å². The third-order valence-electron chi connectivity index (χ3n) is 6.62. The smallest absolute Gasteiger partial charge is 0.170 e. The van der Waals surface area contributed by atoms with Gasteiger partial charge in [0.05, 0.1) is 5.56 Å². The van der Waals surface area contributed by atoms with E-state index in [1.54, 1.807) is 0 Å². The molecule has 3 nitrogen and oxygen atoms in total. The molecule has 0 saturated carbocycles. The Morgan fingerprint density at radius 2 is 2.00 bits per heavy atom. The van der Waals surface area contributed by atoms with E-state index < -0.39 is 11.6 Å². The van der Waals surface area contributed by atoms with Gasteiger partial charge in [0.1, 0.15) is 11.6 Å². The van der Waals surface area contributed by atoms with Crippen LogP contribution in [0.2, 0.25) is 0 Å². The summed E-state index contributed by atoms with van der Waals surface area (Å²) in [5.74, 6) is -1.32. The Balaban J connectivity index is 1.40. The molecule has 0 bridgehead atoms. The Kier molecular flexibility index (Phi) is 4.70. The number of carbonyl (C=O) groups excluding carboxylic acids is 1. The molecule has 3 aromatic rings. The van der Waals surface area contributed by atoms with Gasteiger partial charge in [-0.25, -0.2) is 8.78 Å². The summed E-state index contributed by atoms with van der Waals surface area (Å²) in [5.41, 5.74) is 3.16. The van der Waals surface area contributed by atoms with Gasteiger partial charge < -0.3 is 4.98 Å². The summed E-state index contributed by atoms with van der Waals surface area (Å²) < 4.78 is 27.1. The number of H-pyrrole nitrogens is 1. The number of rotatable bonds is 4. The molecule has 3 heterocycles. The number of nitrogens with zero attached hydrogens (tertiary/aromatic N) is 1. The number of piperidine rings is 1. The van der Waals surface area contributed by atoms with E-state index in [9.17, 15) is 13.6 Å². The summed E-state index contributed by atoms with van der Waals surface area (Å²) >= 11 is 0. The highest BCUT2D eigenvalue weighted by Crippen LogP contribution is 2.37. The monoisotopic (exact) mass is 394 g/mol. The van der Waals surface area contributed by atoms with Crippen molar-refractivity contribution >= 4 is 16.7 Å². The molecule has 2 aromatic carbocycles. The predicted octanol–water partition coefficient (Wildman–Crippen LogP) is 5.21. The number of halogens is 2. The van der Waals surface area contributed by atoms with Crippen molar-refractivity contribution in [2.75, 3.05) is 13.1 Å². The second-order valence-electron chi connectivity index (χ2n) is 8.41. The molecule has 0 spiro atoms. The second-order valence-corrected chi connectivity index (χ2v) is 8.41. The van der Waals surface area contributed by atoms with E-state index in [1.165, 1.54) is 43.9 Å². The van der Waals surface area contributed by atoms with E-state index in [0.29, 0.717) is 5.92 Å². The molecular weight excluding hydrogens is 370 g/mol. The highest BCUT2D eigenvalue weighted by molar-refractivity contribution is 5.98. The Labute approximate surface area is 168 Å². The third-order valence-corrected chi connectivity index (χ3v) is 6.62. The number of hydrogen-bond acceptors (Lipinski definition) is 2. The number of hydrogen-bond donors (Lipinski definition) is 1. The number of carbonyl (C=O) groups is 1. The molecule has 2 saturated heterocycles. The molecule has 2 fully saturated rings. The Hall–Kier alpha value is -2.53. The summed E-state index contributed by atoms with van der Waals surface area (Å²) in [6.45, 7) is 2.30. The molecule has 2 aliphatic heterocycles. The maximum atomic E-state index is 14.0. The molecule has 150 valence electrons. The largest absolute Gasteiger partial charge is 0.361 e. The minimum absolute atomic E-state index is 0.0619. The van der Waals surface area contributed by atoms with Crippen molar-refractivity contribution in [2.24, 2.45) is 0 Å². The van der Waals surface area contributed by atoms with Crippen molar-refractivity contribution in [3.63, 3.8) is 0 Å². The quantitative estimate of drug-likeness (QED) is 0.617. The molecule has 2 unspecified atom stereocenters. The van der Waals surface area contributed by atoms with Crippen LogP contribution in [0.25, 0.3) is 10.9 Å². The van der Waals surface area contributed by atoms with Gasteiger partial charge >= 0.3 is 0 Å². The lowest BCUT2D eigenvalue weighted by Gasteiger charge is -2.35. The Morgan fingerprint density at radius 1 is 1.10 bits per heavy atom. The fourth-order valence-electron chi connectivity index (χ4n) is 5.12. The molecule has 0 radical (unpaired) electrons. The first-order valence-corrected chi connectivity index (χ1v) is 10.4. The molecule has 2 atom stereocenters. The van der Waals surface area contributed by atoms with Crippen molar-refractivity contribution < 1.29 is 13.6 Å². The highest BCUT2D eigenvalue weighted by atomic mass is 19.1. The lowest BCUT2D eigenvalue weighted by molar-refractivity contribution is 0.0989. The van der Waals surface area contributed by atoms with Gasteiger partial charge in [-0.1, -0.05) is 6.07 Å². The van der Waals surface area contributed by atoms with Crippen molar-refractivity contribution in [1.29, 1.82) is 0 Å². The SMILES string of the molecule is O=C(Cc1ccc2[nH]cc(C3CCC4CCCN4C3)c2c1)c1ccc(F)cc1F. The van der Waals surface area contributed by atoms with E-state index in [1.807, 2.05) is 12.1 Å². The van der Waals surface area contributed by atoms with Gasteiger partial charge in [0.25, 0.3) is 0 Å². The van der Waals surface area contributed by atoms with E-state index in [0.717, 1.165) is 41.2 Å². The summed E-state index contributed by atoms with van der Waals surface area (Å²) in [7, 11) is 0. The normalized spacial score (nSPS) is 22.1. The molecule has 5 rings (SSSR count). The van der Waals surface area contributed by atoms with Crippen LogP contribution in [0.15, 0.2) is 42.6 Å². The first-order chi connectivity index (χ1) is 14.1. The molecule has 5 heteroatoms. The number of nitrogens with one attached hydrogen (secondary N) is 1. The van der Waals surface area contributed by atoms with Crippen LogP contribution >= 0.6 is 0 Å². The van der Waals surface area contributed by atoms with Crippen LogP contribution in [0.4, 0.5) is 8.78 Å². The maximum Gasteiger partial charge on any atom is 0.170 e. The summed E-state index contributed by atoms with van der Waals surface area (Å²) in [5, 5.41) is 1.15. The zero-order chi connectivity index (χ0) is 20.0. The number of benzene rings is 2. The van der Waals surface area contributed by atoms with Crippen LogP contribution in [0.3, 0.4) is 0 Å². The maximum absolute atomic E-state index is 14.0. The average Bonchev–Trinajstić information content (AvgIpc) is 3.33. The summed E-state index contributed by atoms with van der Waals surface area (Å²) in [6.07, 6.45) is 7.28. The molecule has 0 aliphatic carbocycles. The van der Waals surface area contributed by atoms with E-state index in [-0.39, 0.29) is 17.8 Å². The van der Waals surface area contributed by atoms with Gasteiger partial charge in [-0.05, 0) is 73.5 Å². The molecule has 29 heavy (non-hydrogen) atoms. The minimum atomic E-state index is -0.805. The summed E-state index contributed by atoms with van der Waals surface area (Å²) in [6, 6.07) is 9.81. The van der Waals surface area contributed by atoms with E-state index in [2.05, 4.69) is 22.1 Å². The van der Waals surface area contributed by atoms with Crippen LogP contribution in [0.5, 0.6) is 0 Å². The zero-order valence-electron chi connectivity index (χ0n) is 16.3. The highest BCUT2D eigenvalue weighted by Gasteiger charge is 2.32. The predicted molar refractivity (Wildman–Crippen MR) is 109 cm³/mol. The van der Waals surface area contributed by atoms with Gasteiger partial charge in [-0.2, -0.15) is 0 Å². The molecule has 1 aromatic heterocycles. The van der Waals surface area contributed by atoms with Crippen LogP contribution < -0.4 is 0 Å². The Bertz CT molecular complexity index is 1070. The fraction of sp³-hybridized carbons (Fsp3) is 0.375. The topological polar surface area (TPSA) is 36.1 Å². The Morgan fingerprint density at radius 3 is 2.86 bits per heavy atom. The number of aromatic amines is 1. The van der Waals surface area contributed by atoms with Gasteiger partial charge in [-0.15, -0.1) is 0 Å². The van der Waals surface area contributed by atoms with Crippen LogP contribution in [-0.4, -0.2) is 34.8 Å². The zero-order valence-corrected chi connectivity index (χ0v) is 16.3. The van der Waals surface area contributed by atoms with Gasteiger partial charge in [0.2, 0.25) is 0 Å². The molecule has 2 aliphatic rings. The summed E-state index contributed by atoms with van der Waals surface area (Å²) in [4.78, 5) is 18.5. The van der Waals surface area contributed by atoms with E-state index in [4.69, 9.17) is 0 Å². The van der Waals surface area contributed by atoms with Crippen molar-refractivity contribution in [1.82, 2.24) is 9.88 Å². The van der Waals surface area contributed by atoms with Crippen molar-refractivity contribution in [2.45, 2.75) is 44.1 Å². The van der Waals surface area contributed by atoms with Crippen molar-refractivity contribution in [3.05, 3.63) is 70.9 Å². The number of ketones is 1. The second kappa shape index (κ2) is 7.38.